The molecule has 0 spiro atoms. The molecule has 0 bridgehead atoms. The predicted molar refractivity (Wildman–Crippen MR) is 55.3 cm³/mol. The van der Waals surface area contributed by atoms with E-state index in [0.717, 1.165) is 0 Å². The van der Waals surface area contributed by atoms with Gasteiger partial charge in [0.15, 0.2) is 11.4 Å². The van der Waals surface area contributed by atoms with Crippen LogP contribution in [0.2, 0.25) is 0 Å². The van der Waals surface area contributed by atoms with E-state index >= 15 is 0 Å². The maximum atomic E-state index is 11.5. The second kappa shape index (κ2) is 4.21. The molecule has 3 N–H and O–H groups in total. The molecule has 1 rings (SSSR count). The van der Waals surface area contributed by atoms with Crippen LogP contribution >= 0.6 is 0 Å². The molecule has 1 fully saturated rings. The zero-order valence-electron chi connectivity index (χ0n) is 9.40. The van der Waals surface area contributed by atoms with Gasteiger partial charge >= 0.3 is 5.97 Å². The SMILES string of the molecule is CC(=O)N1CCC(C(=O)O)CC1(N)C(C)=O. The molecule has 2 atom stereocenters. The number of aliphatic carboxylic acids is 1. The maximum Gasteiger partial charge on any atom is 0.306 e. The van der Waals surface area contributed by atoms with E-state index in [1.807, 2.05) is 0 Å². The van der Waals surface area contributed by atoms with Gasteiger partial charge in [0.05, 0.1) is 5.92 Å². The monoisotopic (exact) mass is 228 g/mol. The van der Waals surface area contributed by atoms with Gasteiger partial charge in [0.25, 0.3) is 0 Å². The second-order valence-corrected chi connectivity index (χ2v) is 4.18. The molecule has 1 saturated heterocycles. The molecule has 6 nitrogen and oxygen atoms in total. The largest absolute Gasteiger partial charge is 0.481 e. The second-order valence-electron chi connectivity index (χ2n) is 4.18. The summed E-state index contributed by atoms with van der Waals surface area (Å²) in [6.45, 7) is 2.81. The minimum atomic E-state index is -1.47. The number of carboxylic acid groups (broad SMARTS) is 1. The molecule has 2 unspecified atom stereocenters. The topological polar surface area (TPSA) is 101 Å². The van der Waals surface area contributed by atoms with E-state index < -0.39 is 17.6 Å². The number of nitrogens with two attached hydrogens (primary N) is 1. The van der Waals surface area contributed by atoms with Gasteiger partial charge in [0, 0.05) is 19.9 Å². The normalized spacial score (nSPS) is 29.9. The number of piperidine rings is 1. The highest BCUT2D eigenvalue weighted by atomic mass is 16.4. The van der Waals surface area contributed by atoms with Crippen molar-refractivity contribution in [1.29, 1.82) is 0 Å². The maximum absolute atomic E-state index is 11.5. The Morgan fingerprint density at radius 1 is 1.38 bits per heavy atom. The van der Waals surface area contributed by atoms with Crippen molar-refractivity contribution < 1.29 is 19.5 Å². The Labute approximate surface area is 93.4 Å². The zero-order valence-corrected chi connectivity index (χ0v) is 9.40. The van der Waals surface area contributed by atoms with E-state index in [1.54, 1.807) is 0 Å². The average Bonchev–Trinajstić information content (AvgIpc) is 2.16. The molecule has 1 heterocycles. The number of rotatable bonds is 2. The van der Waals surface area contributed by atoms with Gasteiger partial charge in [-0.15, -0.1) is 0 Å². The molecule has 0 aromatic rings. The molecule has 0 aliphatic carbocycles. The molecule has 0 aromatic carbocycles. The summed E-state index contributed by atoms with van der Waals surface area (Å²) in [6, 6.07) is 0. The fourth-order valence-corrected chi connectivity index (χ4v) is 2.06. The summed E-state index contributed by atoms with van der Waals surface area (Å²) in [5, 5.41) is 8.91. The summed E-state index contributed by atoms with van der Waals surface area (Å²) < 4.78 is 0. The highest BCUT2D eigenvalue weighted by Gasteiger charge is 2.46. The van der Waals surface area contributed by atoms with E-state index in [9.17, 15) is 14.4 Å². The van der Waals surface area contributed by atoms with Crippen LogP contribution in [0, 0.1) is 5.92 Å². The number of likely N-dealkylation sites (tertiary alicyclic amines) is 1. The molecule has 6 heteroatoms. The van der Waals surface area contributed by atoms with Crippen molar-refractivity contribution in [2.24, 2.45) is 11.7 Å². The summed E-state index contributed by atoms with van der Waals surface area (Å²) in [5.74, 6) is -2.32. The summed E-state index contributed by atoms with van der Waals surface area (Å²) in [4.78, 5) is 35.0. The number of ketones is 1. The van der Waals surface area contributed by atoms with E-state index in [2.05, 4.69) is 0 Å². The molecule has 0 radical (unpaired) electrons. The summed E-state index contributed by atoms with van der Waals surface area (Å²) in [7, 11) is 0. The van der Waals surface area contributed by atoms with Gasteiger partial charge in [0.1, 0.15) is 0 Å². The van der Waals surface area contributed by atoms with Gasteiger partial charge in [-0.2, -0.15) is 0 Å². The number of nitrogens with zero attached hydrogens (tertiary/aromatic N) is 1. The van der Waals surface area contributed by atoms with Crippen molar-refractivity contribution in [2.75, 3.05) is 6.54 Å². The van der Waals surface area contributed by atoms with E-state index in [1.165, 1.54) is 18.7 Å². The molecule has 16 heavy (non-hydrogen) atoms. The molecule has 1 aliphatic rings. The first-order chi connectivity index (χ1) is 7.29. The first-order valence-electron chi connectivity index (χ1n) is 5.10. The van der Waals surface area contributed by atoms with Crippen LogP contribution in [0.15, 0.2) is 0 Å². The third-order valence-corrected chi connectivity index (χ3v) is 3.08. The summed E-state index contributed by atoms with van der Waals surface area (Å²) in [6.07, 6.45) is 0.318. The van der Waals surface area contributed by atoms with Crippen molar-refractivity contribution in [3.63, 3.8) is 0 Å². The van der Waals surface area contributed by atoms with Crippen LogP contribution in [0.5, 0.6) is 0 Å². The Bertz CT molecular complexity index is 342. The van der Waals surface area contributed by atoms with Gasteiger partial charge in [-0.1, -0.05) is 0 Å². The van der Waals surface area contributed by atoms with Gasteiger partial charge in [-0.25, -0.2) is 0 Å². The Morgan fingerprint density at radius 3 is 2.31 bits per heavy atom. The summed E-state index contributed by atoms with van der Waals surface area (Å²) >= 11 is 0. The zero-order chi connectivity index (χ0) is 12.5. The number of amides is 1. The smallest absolute Gasteiger partial charge is 0.306 e. The van der Waals surface area contributed by atoms with Gasteiger partial charge in [-0.3, -0.25) is 14.4 Å². The molecule has 1 amide bonds. The van der Waals surface area contributed by atoms with Crippen molar-refractivity contribution in [1.82, 2.24) is 4.90 Å². The van der Waals surface area contributed by atoms with Gasteiger partial charge < -0.3 is 15.7 Å². The van der Waals surface area contributed by atoms with Crippen LogP contribution in [0.25, 0.3) is 0 Å². The first-order valence-corrected chi connectivity index (χ1v) is 5.10. The Hall–Kier alpha value is -1.43. The lowest BCUT2D eigenvalue weighted by atomic mass is 9.84. The first kappa shape index (κ1) is 12.6. The van der Waals surface area contributed by atoms with E-state index in [-0.39, 0.29) is 24.7 Å². The molecule has 90 valence electrons. The number of Topliss-reactive ketones (excluding diaryl/α,β-unsaturated/α-hetero) is 1. The van der Waals surface area contributed by atoms with E-state index in [0.29, 0.717) is 6.42 Å². The summed E-state index contributed by atoms with van der Waals surface area (Å²) in [5.41, 5.74) is 4.40. The van der Waals surface area contributed by atoms with Crippen LogP contribution < -0.4 is 5.73 Å². The highest BCUT2D eigenvalue weighted by Crippen LogP contribution is 2.29. The minimum absolute atomic E-state index is 0.0166. The number of carbonyl (C=O) groups is 3. The quantitative estimate of drug-likeness (QED) is 0.668. The van der Waals surface area contributed by atoms with E-state index in [4.69, 9.17) is 10.8 Å². The molecular formula is C10H16N2O4. The number of hydrogen-bond acceptors (Lipinski definition) is 4. The lowest BCUT2D eigenvalue weighted by molar-refractivity contribution is -0.155. The molecule has 0 saturated carbocycles. The van der Waals surface area contributed by atoms with Gasteiger partial charge in [-0.05, 0) is 13.3 Å². The van der Waals surface area contributed by atoms with Crippen molar-refractivity contribution in [2.45, 2.75) is 32.4 Å². The fourth-order valence-electron chi connectivity index (χ4n) is 2.06. The third kappa shape index (κ3) is 2.06. The van der Waals surface area contributed by atoms with Gasteiger partial charge in [0.2, 0.25) is 5.91 Å². The van der Waals surface area contributed by atoms with Crippen molar-refractivity contribution in [3.8, 4) is 0 Å². The Morgan fingerprint density at radius 2 is 1.94 bits per heavy atom. The Balaban J connectivity index is 2.99. The van der Waals surface area contributed by atoms with Crippen LogP contribution in [0.1, 0.15) is 26.7 Å². The van der Waals surface area contributed by atoms with Crippen LogP contribution in [-0.2, 0) is 14.4 Å². The Kier molecular flexibility index (Phi) is 3.32. The fraction of sp³-hybridized carbons (Fsp3) is 0.700. The number of hydrogen-bond donors (Lipinski definition) is 2. The van der Waals surface area contributed by atoms with Crippen molar-refractivity contribution in [3.05, 3.63) is 0 Å². The number of carbonyl (C=O) groups excluding carboxylic acids is 2. The third-order valence-electron chi connectivity index (χ3n) is 3.08. The molecular weight excluding hydrogens is 212 g/mol. The average molecular weight is 228 g/mol. The molecule has 0 aromatic heterocycles. The standard InChI is InChI=1S/C10H16N2O4/c1-6(13)10(11)5-8(9(15)16)3-4-12(10)7(2)14/h8H,3-5,11H2,1-2H3,(H,15,16). The van der Waals surface area contributed by atoms with Crippen LogP contribution in [0.3, 0.4) is 0 Å². The highest BCUT2D eigenvalue weighted by molar-refractivity contribution is 5.91. The molecule has 1 aliphatic heterocycles. The van der Waals surface area contributed by atoms with Crippen molar-refractivity contribution >= 4 is 17.7 Å². The number of carboxylic acids is 1. The minimum Gasteiger partial charge on any atom is -0.481 e. The van der Waals surface area contributed by atoms with Crippen LogP contribution in [-0.4, -0.2) is 39.9 Å². The predicted octanol–water partition coefficient (Wildman–Crippen LogP) is -0.426. The lowest BCUT2D eigenvalue weighted by Gasteiger charge is -2.44. The lowest BCUT2D eigenvalue weighted by Crippen LogP contribution is -2.66. The van der Waals surface area contributed by atoms with Crippen LogP contribution in [0.4, 0.5) is 0 Å².